The lowest BCUT2D eigenvalue weighted by molar-refractivity contribution is -0.117. The summed E-state index contributed by atoms with van der Waals surface area (Å²) < 4.78 is 39.9. The molecule has 0 unspecified atom stereocenters. The van der Waals surface area contributed by atoms with Gasteiger partial charge < -0.3 is 5.32 Å². The van der Waals surface area contributed by atoms with Crippen molar-refractivity contribution in [2.45, 2.75) is 6.54 Å². The molecule has 2 aromatic carbocycles. The first kappa shape index (κ1) is 16.0. The molecular weight excluding hydrogens is 293 g/mol. The molecule has 0 fully saturated rings. The van der Waals surface area contributed by atoms with E-state index in [9.17, 15) is 18.0 Å². The van der Waals surface area contributed by atoms with Gasteiger partial charge in [-0.3, -0.25) is 9.69 Å². The molecule has 2 aromatic rings. The van der Waals surface area contributed by atoms with Crippen molar-refractivity contribution in [2.75, 3.05) is 18.9 Å². The van der Waals surface area contributed by atoms with E-state index >= 15 is 0 Å². The molecule has 0 aliphatic heterocycles. The molecule has 3 nitrogen and oxygen atoms in total. The van der Waals surface area contributed by atoms with E-state index in [1.54, 1.807) is 24.1 Å². The second kappa shape index (κ2) is 7.09. The van der Waals surface area contributed by atoms with Gasteiger partial charge in [-0.1, -0.05) is 18.2 Å². The van der Waals surface area contributed by atoms with Gasteiger partial charge in [0, 0.05) is 6.54 Å². The van der Waals surface area contributed by atoms with Crippen molar-refractivity contribution in [1.29, 1.82) is 0 Å². The van der Waals surface area contributed by atoms with Crippen molar-refractivity contribution in [3.05, 3.63) is 65.5 Å². The van der Waals surface area contributed by atoms with Crippen LogP contribution in [0.1, 0.15) is 5.56 Å². The van der Waals surface area contributed by atoms with Crippen molar-refractivity contribution in [3.63, 3.8) is 0 Å². The Bertz CT molecular complexity index is 656. The summed E-state index contributed by atoms with van der Waals surface area (Å²) in [5.74, 6) is -2.58. The highest BCUT2D eigenvalue weighted by atomic mass is 19.1. The van der Waals surface area contributed by atoms with Crippen LogP contribution in [0, 0.1) is 17.5 Å². The quantitative estimate of drug-likeness (QED) is 0.920. The maximum atomic E-state index is 13.4. The predicted octanol–water partition coefficient (Wildman–Crippen LogP) is 3.17. The number of nitrogens with zero attached hydrogens (tertiary/aromatic N) is 1. The molecule has 0 heterocycles. The van der Waals surface area contributed by atoms with Gasteiger partial charge in [0.05, 0.1) is 6.54 Å². The first-order valence-electron chi connectivity index (χ1n) is 6.62. The van der Waals surface area contributed by atoms with Crippen molar-refractivity contribution in [3.8, 4) is 0 Å². The van der Waals surface area contributed by atoms with Gasteiger partial charge in [0.25, 0.3) is 0 Å². The highest BCUT2D eigenvalue weighted by molar-refractivity contribution is 5.92. The van der Waals surface area contributed by atoms with Crippen LogP contribution in [0.4, 0.5) is 18.9 Å². The molecule has 1 amide bonds. The van der Waals surface area contributed by atoms with Crippen molar-refractivity contribution in [2.24, 2.45) is 0 Å². The average Bonchev–Trinajstić information content (AvgIpc) is 2.43. The van der Waals surface area contributed by atoms with E-state index in [0.29, 0.717) is 12.1 Å². The van der Waals surface area contributed by atoms with Gasteiger partial charge in [-0.15, -0.1) is 0 Å². The Labute approximate surface area is 126 Å². The van der Waals surface area contributed by atoms with Crippen molar-refractivity contribution in [1.82, 2.24) is 4.90 Å². The largest absolute Gasteiger partial charge is 0.320 e. The van der Waals surface area contributed by atoms with E-state index in [0.717, 1.165) is 12.1 Å². The third-order valence-electron chi connectivity index (χ3n) is 2.98. The fourth-order valence-electron chi connectivity index (χ4n) is 2.04. The Hall–Kier alpha value is -2.34. The van der Waals surface area contributed by atoms with Gasteiger partial charge in [-0.25, -0.2) is 13.2 Å². The summed E-state index contributed by atoms with van der Waals surface area (Å²) in [6, 6.07) is 9.35. The molecule has 0 radical (unpaired) electrons. The van der Waals surface area contributed by atoms with Crippen LogP contribution < -0.4 is 5.32 Å². The molecule has 0 aliphatic carbocycles. The Kier molecular flexibility index (Phi) is 5.16. The molecule has 0 atom stereocenters. The topological polar surface area (TPSA) is 32.3 Å². The molecule has 0 aromatic heterocycles. The van der Waals surface area contributed by atoms with Crippen LogP contribution in [0.3, 0.4) is 0 Å². The number of anilines is 1. The second-order valence-electron chi connectivity index (χ2n) is 4.95. The summed E-state index contributed by atoms with van der Waals surface area (Å²) in [4.78, 5) is 13.4. The predicted molar refractivity (Wildman–Crippen MR) is 77.7 cm³/mol. The number of rotatable bonds is 5. The van der Waals surface area contributed by atoms with E-state index in [4.69, 9.17) is 0 Å². The standard InChI is InChI=1S/C16H15F3N2O/c1-21(9-11-4-2-5-12(17)8-11)10-15(22)20-16-13(18)6-3-7-14(16)19/h2-8H,9-10H2,1H3,(H,20,22). The minimum atomic E-state index is -0.832. The lowest BCUT2D eigenvalue weighted by atomic mass is 10.2. The number of hydrogen-bond donors (Lipinski definition) is 1. The number of para-hydroxylation sites is 1. The highest BCUT2D eigenvalue weighted by Gasteiger charge is 2.13. The molecule has 0 spiro atoms. The zero-order valence-electron chi connectivity index (χ0n) is 11.9. The van der Waals surface area contributed by atoms with Crippen molar-refractivity contribution < 1.29 is 18.0 Å². The first-order valence-corrected chi connectivity index (χ1v) is 6.62. The number of amides is 1. The summed E-state index contributed by atoms with van der Waals surface area (Å²) in [7, 11) is 1.65. The van der Waals surface area contributed by atoms with Gasteiger partial charge in [-0.05, 0) is 36.9 Å². The molecule has 116 valence electrons. The van der Waals surface area contributed by atoms with Crippen LogP contribution in [0.2, 0.25) is 0 Å². The lowest BCUT2D eigenvalue weighted by Crippen LogP contribution is -2.30. The van der Waals surface area contributed by atoms with E-state index in [1.807, 2.05) is 0 Å². The van der Waals surface area contributed by atoms with Crippen molar-refractivity contribution >= 4 is 11.6 Å². The van der Waals surface area contributed by atoms with Crippen LogP contribution >= 0.6 is 0 Å². The van der Waals surface area contributed by atoms with Crippen LogP contribution in [-0.2, 0) is 11.3 Å². The number of likely N-dealkylation sites (N-methyl/N-ethyl adjacent to an activating group) is 1. The van der Waals surface area contributed by atoms with E-state index < -0.39 is 23.2 Å². The third kappa shape index (κ3) is 4.33. The Morgan fingerprint density at radius 1 is 1.09 bits per heavy atom. The number of carbonyl (C=O) groups excluding carboxylic acids is 1. The van der Waals surface area contributed by atoms with Gasteiger partial charge in [0.2, 0.25) is 5.91 Å². The average molecular weight is 308 g/mol. The molecule has 6 heteroatoms. The first-order chi connectivity index (χ1) is 10.5. The maximum Gasteiger partial charge on any atom is 0.238 e. The molecular formula is C16H15F3N2O. The minimum Gasteiger partial charge on any atom is -0.320 e. The Morgan fingerprint density at radius 2 is 1.73 bits per heavy atom. The van der Waals surface area contributed by atoms with Crippen LogP contribution in [0.15, 0.2) is 42.5 Å². The molecule has 0 bridgehead atoms. The smallest absolute Gasteiger partial charge is 0.238 e. The van der Waals surface area contributed by atoms with E-state index in [1.165, 1.54) is 18.2 Å². The van der Waals surface area contributed by atoms with Crippen LogP contribution in [0.25, 0.3) is 0 Å². The second-order valence-corrected chi connectivity index (χ2v) is 4.95. The number of benzene rings is 2. The van der Waals surface area contributed by atoms with Gasteiger partial charge in [-0.2, -0.15) is 0 Å². The Balaban J connectivity index is 1.94. The van der Waals surface area contributed by atoms with Gasteiger partial charge in [0.1, 0.15) is 23.1 Å². The number of halogens is 3. The lowest BCUT2D eigenvalue weighted by Gasteiger charge is -2.16. The summed E-state index contributed by atoms with van der Waals surface area (Å²) in [5.41, 5.74) is 0.235. The fourth-order valence-corrected chi connectivity index (χ4v) is 2.04. The van der Waals surface area contributed by atoms with Gasteiger partial charge in [0.15, 0.2) is 0 Å². The number of nitrogens with one attached hydrogen (secondary N) is 1. The third-order valence-corrected chi connectivity index (χ3v) is 2.98. The van der Waals surface area contributed by atoms with E-state index in [2.05, 4.69) is 5.32 Å². The summed E-state index contributed by atoms with van der Waals surface area (Å²) >= 11 is 0. The normalized spacial score (nSPS) is 10.8. The van der Waals surface area contributed by atoms with Crippen LogP contribution in [0.5, 0.6) is 0 Å². The molecule has 0 saturated carbocycles. The monoisotopic (exact) mass is 308 g/mol. The zero-order valence-corrected chi connectivity index (χ0v) is 11.9. The number of carbonyl (C=O) groups is 1. The minimum absolute atomic E-state index is 0.0791. The molecule has 2 rings (SSSR count). The summed E-state index contributed by atoms with van der Waals surface area (Å²) in [6.07, 6.45) is 0. The highest BCUT2D eigenvalue weighted by Crippen LogP contribution is 2.17. The fraction of sp³-hybridized carbons (Fsp3) is 0.188. The molecule has 0 saturated heterocycles. The molecule has 22 heavy (non-hydrogen) atoms. The van der Waals surface area contributed by atoms with E-state index in [-0.39, 0.29) is 12.4 Å². The molecule has 0 aliphatic rings. The summed E-state index contributed by atoms with van der Waals surface area (Å²) in [5, 5.41) is 2.20. The SMILES string of the molecule is CN(CC(=O)Nc1c(F)cccc1F)Cc1cccc(F)c1. The van der Waals surface area contributed by atoms with Crippen LogP contribution in [-0.4, -0.2) is 24.4 Å². The zero-order chi connectivity index (χ0) is 16.1. The summed E-state index contributed by atoms with van der Waals surface area (Å²) in [6.45, 7) is 0.259. The Morgan fingerprint density at radius 3 is 2.36 bits per heavy atom. The van der Waals surface area contributed by atoms with Gasteiger partial charge >= 0.3 is 0 Å². The molecule has 1 N–H and O–H groups in total. The maximum absolute atomic E-state index is 13.4. The number of hydrogen-bond acceptors (Lipinski definition) is 2.